The average molecular weight is 308 g/mol. The largest absolute Gasteiger partial charge is 0.862 e. The quantitative estimate of drug-likeness (QED) is 0.561. The molecule has 0 amide bonds. The number of nitrogens with one attached hydrogen (secondary N) is 2. The van der Waals surface area contributed by atoms with Crippen LogP contribution in [0.15, 0.2) is 40.5 Å². The molecule has 0 aliphatic carbocycles. The maximum absolute atomic E-state index is 11.1. The first kappa shape index (κ1) is 14.6. The van der Waals surface area contributed by atoms with E-state index in [4.69, 9.17) is 5.41 Å². The molecule has 0 radical (unpaired) electrons. The van der Waals surface area contributed by atoms with Gasteiger partial charge < -0.3 is 15.8 Å². The second-order valence-corrected chi connectivity index (χ2v) is 5.31. The van der Waals surface area contributed by atoms with Crippen molar-refractivity contribution in [2.24, 2.45) is 0 Å². The molecule has 2 N–H and O–H groups in total. The molecule has 20 heavy (non-hydrogen) atoms. The Morgan fingerprint density at radius 1 is 1.35 bits per heavy atom. The third-order valence-corrected chi connectivity index (χ3v) is 4.09. The number of benzene rings is 1. The standard InChI is InChI=1S/C13H12N4OS.ClH/c1-7(11(14)18)8-2-3-10-9(6-8)17-12-13(19-10)16-5-4-15-12;/h2-7H,1H3,(H2,14,18)(H,15,17);1H/p-1. The fourth-order valence-corrected chi connectivity index (χ4v) is 2.75. The highest BCUT2D eigenvalue weighted by molar-refractivity contribution is 7.99. The molecule has 2 aromatic rings. The highest BCUT2D eigenvalue weighted by Crippen LogP contribution is 2.42. The summed E-state index contributed by atoms with van der Waals surface area (Å²) >= 11 is 1.54. The van der Waals surface area contributed by atoms with Gasteiger partial charge in [0, 0.05) is 23.2 Å². The van der Waals surface area contributed by atoms with Crippen LogP contribution in [0.3, 0.4) is 0 Å². The topological polar surface area (TPSA) is 84.7 Å². The van der Waals surface area contributed by atoms with Crippen LogP contribution in [0.5, 0.6) is 0 Å². The lowest BCUT2D eigenvalue weighted by Crippen LogP contribution is -2.22. The average Bonchev–Trinajstić information content (AvgIpc) is 2.43. The predicted octanol–water partition coefficient (Wildman–Crippen LogP) is 2.55. The van der Waals surface area contributed by atoms with Crippen molar-refractivity contribution in [2.45, 2.75) is 22.8 Å². The van der Waals surface area contributed by atoms with Gasteiger partial charge in [0.2, 0.25) is 0 Å². The lowest BCUT2D eigenvalue weighted by atomic mass is 10.0. The highest BCUT2D eigenvalue weighted by atomic mass is 35.5. The monoisotopic (exact) mass is 307 g/mol. The van der Waals surface area contributed by atoms with Gasteiger partial charge >= 0.3 is 0 Å². The molecule has 0 spiro atoms. The molecule has 104 valence electrons. The van der Waals surface area contributed by atoms with Gasteiger partial charge in [0.15, 0.2) is 5.82 Å². The molecule has 0 saturated heterocycles. The number of halogens is 1. The summed E-state index contributed by atoms with van der Waals surface area (Å²) in [4.78, 5) is 9.53. The van der Waals surface area contributed by atoms with Gasteiger partial charge in [-0.1, -0.05) is 24.8 Å². The smallest absolute Gasteiger partial charge is 0.163 e. The minimum Gasteiger partial charge on any atom is -0.862 e. The van der Waals surface area contributed by atoms with E-state index in [1.54, 1.807) is 31.1 Å². The van der Waals surface area contributed by atoms with Crippen LogP contribution in [0.25, 0.3) is 0 Å². The van der Waals surface area contributed by atoms with Crippen LogP contribution >= 0.6 is 24.2 Å². The summed E-state index contributed by atoms with van der Waals surface area (Å²) < 4.78 is 0. The van der Waals surface area contributed by atoms with Crippen LogP contribution in [0.1, 0.15) is 18.4 Å². The van der Waals surface area contributed by atoms with E-state index in [1.165, 1.54) is 0 Å². The van der Waals surface area contributed by atoms with Crippen molar-refractivity contribution in [3.8, 4) is 0 Å². The van der Waals surface area contributed by atoms with E-state index < -0.39 is 11.8 Å². The van der Waals surface area contributed by atoms with Crippen molar-refractivity contribution in [1.29, 1.82) is 5.41 Å². The SMILES string of the molecule is CC(C(=N)[O-])c1ccc2c(c1)Nc1nccnc1S2.Cl. The Kier molecular flexibility index (Phi) is 4.15. The van der Waals surface area contributed by atoms with E-state index in [0.717, 1.165) is 27.0 Å². The number of anilines is 2. The van der Waals surface area contributed by atoms with E-state index >= 15 is 0 Å². The van der Waals surface area contributed by atoms with E-state index in [1.807, 2.05) is 18.2 Å². The van der Waals surface area contributed by atoms with Crippen LogP contribution < -0.4 is 10.4 Å². The molecule has 5 nitrogen and oxygen atoms in total. The lowest BCUT2D eigenvalue weighted by Gasteiger charge is -2.22. The normalized spacial score (nSPS) is 13.2. The zero-order valence-corrected chi connectivity index (χ0v) is 12.2. The van der Waals surface area contributed by atoms with Crippen LogP contribution in [0.4, 0.5) is 11.5 Å². The van der Waals surface area contributed by atoms with Crippen LogP contribution in [-0.4, -0.2) is 15.9 Å². The van der Waals surface area contributed by atoms with E-state index in [9.17, 15) is 5.11 Å². The minimum atomic E-state index is -0.580. The van der Waals surface area contributed by atoms with Gasteiger partial charge in [0.25, 0.3) is 0 Å². The Balaban J connectivity index is 0.00000147. The molecule has 1 aliphatic rings. The number of fused-ring (bicyclic) bond motifs is 2. The third-order valence-electron chi connectivity index (χ3n) is 3.02. The second-order valence-electron chi connectivity index (χ2n) is 4.28. The number of rotatable bonds is 2. The fraction of sp³-hybridized carbons (Fsp3) is 0.154. The second kappa shape index (κ2) is 5.68. The Hall–Kier alpha value is -1.79. The first-order chi connectivity index (χ1) is 9.15. The molecule has 2 heterocycles. The minimum absolute atomic E-state index is 0. The molecule has 1 aromatic carbocycles. The Bertz CT molecular complexity index is 665. The number of nitrogens with zero attached hydrogens (tertiary/aromatic N) is 2. The van der Waals surface area contributed by atoms with Gasteiger partial charge in [-0.05, 0) is 23.6 Å². The predicted molar refractivity (Wildman–Crippen MR) is 79.3 cm³/mol. The van der Waals surface area contributed by atoms with Gasteiger partial charge in [0.05, 0.1) is 5.69 Å². The maximum atomic E-state index is 11.1. The van der Waals surface area contributed by atoms with Gasteiger partial charge in [-0.3, -0.25) is 0 Å². The Labute approximate surface area is 126 Å². The number of hydrogen-bond acceptors (Lipinski definition) is 6. The third kappa shape index (κ3) is 2.57. The number of aromatic nitrogens is 2. The zero-order valence-electron chi connectivity index (χ0n) is 10.6. The van der Waals surface area contributed by atoms with Crippen molar-refractivity contribution in [3.63, 3.8) is 0 Å². The van der Waals surface area contributed by atoms with E-state index in [0.29, 0.717) is 0 Å². The van der Waals surface area contributed by atoms with Crippen LogP contribution in [0.2, 0.25) is 0 Å². The molecular formula is C13H12ClN4OS-. The molecule has 1 aliphatic heterocycles. The first-order valence-corrected chi connectivity index (χ1v) is 6.62. The molecule has 0 fully saturated rings. The molecular weight excluding hydrogens is 296 g/mol. The molecule has 0 bridgehead atoms. The lowest BCUT2D eigenvalue weighted by molar-refractivity contribution is -0.222. The van der Waals surface area contributed by atoms with Crippen molar-refractivity contribution in [1.82, 2.24) is 9.97 Å². The number of hydrogen-bond donors (Lipinski definition) is 2. The van der Waals surface area contributed by atoms with E-state index in [-0.39, 0.29) is 12.4 Å². The summed E-state index contributed by atoms with van der Waals surface area (Å²) in [5, 5.41) is 22.4. The molecule has 1 aromatic heterocycles. The zero-order chi connectivity index (χ0) is 13.4. The Morgan fingerprint density at radius 2 is 2.10 bits per heavy atom. The molecule has 0 saturated carbocycles. The molecule has 1 unspecified atom stereocenters. The van der Waals surface area contributed by atoms with E-state index in [2.05, 4.69) is 15.3 Å². The summed E-state index contributed by atoms with van der Waals surface area (Å²) in [6, 6.07) is 5.72. The van der Waals surface area contributed by atoms with Crippen molar-refractivity contribution < 1.29 is 5.11 Å². The summed E-state index contributed by atoms with van der Waals surface area (Å²) in [5.74, 6) is -0.272. The van der Waals surface area contributed by atoms with Gasteiger partial charge in [0.1, 0.15) is 5.03 Å². The summed E-state index contributed by atoms with van der Waals surface area (Å²) in [6.45, 7) is 1.74. The van der Waals surface area contributed by atoms with Crippen LogP contribution in [-0.2, 0) is 0 Å². The van der Waals surface area contributed by atoms with Crippen molar-refractivity contribution >= 4 is 41.6 Å². The van der Waals surface area contributed by atoms with Gasteiger partial charge in [-0.15, -0.1) is 12.4 Å². The van der Waals surface area contributed by atoms with Gasteiger partial charge in [-0.25, -0.2) is 9.97 Å². The maximum Gasteiger partial charge on any atom is 0.163 e. The molecule has 1 atom stereocenters. The molecule has 3 rings (SSSR count). The van der Waals surface area contributed by atoms with Crippen molar-refractivity contribution in [3.05, 3.63) is 36.2 Å². The van der Waals surface area contributed by atoms with Gasteiger partial charge in [-0.2, -0.15) is 0 Å². The highest BCUT2D eigenvalue weighted by Gasteiger charge is 2.18. The molecule has 7 heteroatoms. The fourth-order valence-electron chi connectivity index (χ4n) is 1.87. The summed E-state index contributed by atoms with van der Waals surface area (Å²) in [7, 11) is 0. The summed E-state index contributed by atoms with van der Waals surface area (Å²) in [5.41, 5.74) is 1.74. The Morgan fingerprint density at radius 3 is 2.85 bits per heavy atom. The van der Waals surface area contributed by atoms with Crippen molar-refractivity contribution in [2.75, 3.05) is 5.32 Å². The summed E-state index contributed by atoms with van der Waals surface area (Å²) in [6.07, 6.45) is 3.30. The first-order valence-electron chi connectivity index (χ1n) is 5.80. The van der Waals surface area contributed by atoms with Crippen LogP contribution in [0, 0.1) is 5.41 Å².